The Balaban J connectivity index is 2.84. The summed E-state index contributed by atoms with van der Waals surface area (Å²) in [6.07, 6.45) is 0. The first-order valence-corrected chi connectivity index (χ1v) is 7.21. The molecule has 0 heterocycles. The molecule has 22 heavy (non-hydrogen) atoms. The Hall–Kier alpha value is -2.08. The van der Waals surface area contributed by atoms with Gasteiger partial charge in [0, 0.05) is 11.3 Å². The first kappa shape index (κ1) is 18.0. The second kappa shape index (κ2) is 7.26. The molecular formula is C16H20N2O3S. The van der Waals surface area contributed by atoms with E-state index in [1.807, 2.05) is 0 Å². The highest BCUT2D eigenvalue weighted by molar-refractivity contribution is 7.80. The van der Waals surface area contributed by atoms with Gasteiger partial charge in [0.2, 0.25) is 0 Å². The second-order valence-corrected chi connectivity index (χ2v) is 6.27. The summed E-state index contributed by atoms with van der Waals surface area (Å²) in [5.41, 5.74) is -0.243. The van der Waals surface area contributed by atoms with Crippen LogP contribution in [0.3, 0.4) is 0 Å². The van der Waals surface area contributed by atoms with Gasteiger partial charge in [-0.1, -0.05) is 30.4 Å². The number of carbonyl (C=O) groups excluding carboxylic acids is 2. The largest absolute Gasteiger partial charge is 0.459 e. The van der Waals surface area contributed by atoms with Crippen molar-refractivity contribution < 1.29 is 14.3 Å². The third-order valence-corrected chi connectivity index (χ3v) is 2.95. The Bertz CT molecular complexity index is 591. The molecule has 118 valence electrons. The molecule has 1 aromatic rings. The number of hydrogen-bond donors (Lipinski definition) is 2. The number of ether oxygens (including phenoxy) is 1. The van der Waals surface area contributed by atoms with Crippen molar-refractivity contribution in [3.63, 3.8) is 0 Å². The summed E-state index contributed by atoms with van der Waals surface area (Å²) in [6.45, 7) is 6.64. The van der Waals surface area contributed by atoms with Crippen molar-refractivity contribution in [2.24, 2.45) is 5.92 Å². The van der Waals surface area contributed by atoms with Crippen LogP contribution in [-0.4, -0.2) is 28.2 Å². The SMILES string of the molecule is CC(=N)C(C(=O)OC(C)(C)C)C(=S)NC(=O)c1ccccc1. The summed E-state index contributed by atoms with van der Waals surface area (Å²) in [6, 6.07) is 8.52. The summed E-state index contributed by atoms with van der Waals surface area (Å²) in [5, 5.41) is 10.2. The number of rotatable bonds is 4. The Morgan fingerprint density at radius 3 is 2.23 bits per heavy atom. The number of carbonyl (C=O) groups is 2. The lowest BCUT2D eigenvalue weighted by Gasteiger charge is -2.24. The minimum absolute atomic E-state index is 0.0209. The monoisotopic (exact) mass is 320 g/mol. The summed E-state index contributed by atoms with van der Waals surface area (Å²) in [4.78, 5) is 24.2. The Kier molecular flexibility index (Phi) is 5.93. The maximum Gasteiger partial charge on any atom is 0.322 e. The van der Waals surface area contributed by atoms with Crippen LogP contribution in [-0.2, 0) is 9.53 Å². The van der Waals surface area contributed by atoms with E-state index < -0.39 is 23.4 Å². The van der Waals surface area contributed by atoms with E-state index in [-0.39, 0.29) is 10.7 Å². The standard InChI is InChI=1S/C16H20N2O3S/c1-10(17)12(15(20)21-16(2,3)4)14(22)18-13(19)11-8-6-5-7-9-11/h5-9,12,17H,1-4H3,(H,18,19,22). The van der Waals surface area contributed by atoms with E-state index in [4.69, 9.17) is 22.4 Å². The molecule has 1 atom stereocenters. The van der Waals surface area contributed by atoms with Crippen molar-refractivity contribution in [2.45, 2.75) is 33.3 Å². The Morgan fingerprint density at radius 2 is 1.77 bits per heavy atom. The van der Waals surface area contributed by atoms with E-state index in [1.165, 1.54) is 6.92 Å². The van der Waals surface area contributed by atoms with Crippen LogP contribution in [0.1, 0.15) is 38.1 Å². The second-order valence-electron chi connectivity index (χ2n) is 5.83. The first-order chi connectivity index (χ1) is 10.1. The summed E-state index contributed by atoms with van der Waals surface area (Å²) in [5.74, 6) is -2.12. The number of esters is 1. The van der Waals surface area contributed by atoms with Crippen LogP contribution >= 0.6 is 12.2 Å². The van der Waals surface area contributed by atoms with Crippen LogP contribution in [0.5, 0.6) is 0 Å². The summed E-state index contributed by atoms with van der Waals surface area (Å²) in [7, 11) is 0. The van der Waals surface area contributed by atoms with Crippen molar-refractivity contribution in [3.8, 4) is 0 Å². The molecular weight excluding hydrogens is 300 g/mol. The molecule has 0 aliphatic rings. The molecule has 0 aromatic heterocycles. The minimum Gasteiger partial charge on any atom is -0.459 e. The van der Waals surface area contributed by atoms with E-state index in [1.54, 1.807) is 51.1 Å². The molecule has 1 amide bonds. The van der Waals surface area contributed by atoms with Gasteiger partial charge in [0.15, 0.2) is 0 Å². The minimum atomic E-state index is -1.07. The van der Waals surface area contributed by atoms with Gasteiger partial charge in [-0.3, -0.25) is 9.59 Å². The molecule has 0 aliphatic heterocycles. The van der Waals surface area contributed by atoms with E-state index in [2.05, 4.69) is 5.32 Å². The van der Waals surface area contributed by atoms with Crippen LogP contribution in [0.25, 0.3) is 0 Å². The Morgan fingerprint density at radius 1 is 1.23 bits per heavy atom. The molecule has 0 bridgehead atoms. The van der Waals surface area contributed by atoms with Gasteiger partial charge in [0.1, 0.15) is 16.5 Å². The van der Waals surface area contributed by atoms with Gasteiger partial charge in [-0.25, -0.2) is 0 Å². The number of nitrogens with one attached hydrogen (secondary N) is 2. The van der Waals surface area contributed by atoms with Gasteiger partial charge < -0.3 is 15.5 Å². The fourth-order valence-electron chi connectivity index (χ4n) is 1.69. The first-order valence-electron chi connectivity index (χ1n) is 6.80. The van der Waals surface area contributed by atoms with Crippen LogP contribution in [0.15, 0.2) is 30.3 Å². The quantitative estimate of drug-likeness (QED) is 0.508. The zero-order valence-corrected chi connectivity index (χ0v) is 13.9. The van der Waals surface area contributed by atoms with Crippen LogP contribution < -0.4 is 5.32 Å². The van der Waals surface area contributed by atoms with Gasteiger partial charge in [0.25, 0.3) is 5.91 Å². The summed E-state index contributed by atoms with van der Waals surface area (Å²) >= 11 is 5.12. The maximum absolute atomic E-state index is 12.2. The molecule has 0 radical (unpaired) electrons. The number of hydrogen-bond acceptors (Lipinski definition) is 5. The molecule has 1 aromatic carbocycles. The molecule has 1 rings (SSSR count). The van der Waals surface area contributed by atoms with Gasteiger partial charge in [-0.05, 0) is 39.8 Å². The third kappa shape index (κ3) is 5.37. The molecule has 0 fully saturated rings. The predicted octanol–water partition coefficient (Wildman–Crippen LogP) is 2.74. The highest BCUT2D eigenvalue weighted by Crippen LogP contribution is 2.13. The van der Waals surface area contributed by atoms with Crippen molar-refractivity contribution in [3.05, 3.63) is 35.9 Å². The van der Waals surface area contributed by atoms with Gasteiger partial charge >= 0.3 is 5.97 Å². The van der Waals surface area contributed by atoms with Crippen molar-refractivity contribution in [1.82, 2.24) is 5.32 Å². The zero-order valence-electron chi connectivity index (χ0n) is 13.1. The van der Waals surface area contributed by atoms with Gasteiger partial charge in [-0.15, -0.1) is 0 Å². The van der Waals surface area contributed by atoms with Crippen LogP contribution in [0, 0.1) is 11.3 Å². The zero-order chi connectivity index (χ0) is 16.9. The average molecular weight is 320 g/mol. The maximum atomic E-state index is 12.2. The highest BCUT2D eigenvalue weighted by Gasteiger charge is 2.31. The molecule has 6 heteroatoms. The number of thiocarbonyl (C=S) groups is 1. The van der Waals surface area contributed by atoms with Gasteiger partial charge in [0.05, 0.1) is 0 Å². The average Bonchev–Trinajstić information content (AvgIpc) is 2.36. The fraction of sp³-hybridized carbons (Fsp3) is 0.375. The molecule has 0 aliphatic carbocycles. The number of amides is 1. The van der Waals surface area contributed by atoms with E-state index in [0.29, 0.717) is 5.56 Å². The molecule has 5 nitrogen and oxygen atoms in total. The molecule has 2 N–H and O–H groups in total. The van der Waals surface area contributed by atoms with Crippen molar-refractivity contribution in [1.29, 1.82) is 5.41 Å². The lowest BCUT2D eigenvalue weighted by molar-refractivity contribution is -0.155. The molecule has 0 saturated carbocycles. The molecule has 1 unspecified atom stereocenters. The normalized spacial score (nSPS) is 12.2. The van der Waals surface area contributed by atoms with E-state index in [9.17, 15) is 9.59 Å². The fourth-order valence-corrected chi connectivity index (χ4v) is 2.05. The predicted molar refractivity (Wildman–Crippen MR) is 89.2 cm³/mol. The van der Waals surface area contributed by atoms with Crippen molar-refractivity contribution in [2.75, 3.05) is 0 Å². The third-order valence-electron chi connectivity index (χ3n) is 2.61. The van der Waals surface area contributed by atoms with Gasteiger partial charge in [-0.2, -0.15) is 0 Å². The van der Waals surface area contributed by atoms with Crippen molar-refractivity contribution >= 4 is 34.8 Å². The topological polar surface area (TPSA) is 79.2 Å². The van der Waals surface area contributed by atoms with Crippen LogP contribution in [0.2, 0.25) is 0 Å². The van der Waals surface area contributed by atoms with E-state index >= 15 is 0 Å². The number of benzene rings is 1. The molecule has 0 saturated heterocycles. The van der Waals surface area contributed by atoms with E-state index in [0.717, 1.165) is 0 Å². The molecule has 0 spiro atoms. The lowest BCUT2D eigenvalue weighted by Crippen LogP contribution is -2.43. The lowest BCUT2D eigenvalue weighted by atomic mass is 10.0. The summed E-state index contributed by atoms with van der Waals surface area (Å²) < 4.78 is 5.25. The van der Waals surface area contributed by atoms with Crippen LogP contribution in [0.4, 0.5) is 0 Å². The Labute approximate surface area is 135 Å². The highest BCUT2D eigenvalue weighted by atomic mass is 32.1. The smallest absolute Gasteiger partial charge is 0.322 e.